The second-order valence-electron chi connectivity index (χ2n) is 2.33. The summed E-state index contributed by atoms with van der Waals surface area (Å²) < 4.78 is 0. The normalized spacial score (nSPS) is 10.2. The molecule has 0 unspecified atom stereocenters. The van der Waals surface area contributed by atoms with Crippen LogP contribution in [0.2, 0.25) is 0 Å². The van der Waals surface area contributed by atoms with Crippen molar-refractivity contribution in [3.8, 4) is 0 Å². The number of hydrogen-bond donors (Lipinski definition) is 4. The van der Waals surface area contributed by atoms with Gasteiger partial charge < -0.3 is 5.73 Å². The lowest BCUT2D eigenvalue weighted by Gasteiger charge is -2.12. The Labute approximate surface area is 68.7 Å². The lowest BCUT2D eigenvalue weighted by atomic mass is 10.4. The zero-order valence-electron chi connectivity index (χ0n) is 6.58. The van der Waals surface area contributed by atoms with Crippen molar-refractivity contribution in [2.24, 2.45) is 11.6 Å². The second-order valence-corrected chi connectivity index (χ2v) is 2.33. The van der Waals surface area contributed by atoms with Gasteiger partial charge in [-0.3, -0.25) is 10.1 Å². The van der Waals surface area contributed by atoms with E-state index in [1.165, 1.54) is 5.01 Å². The first kappa shape index (κ1) is 8.75. The maximum absolute atomic E-state index is 10.6. The third-order valence-electron chi connectivity index (χ3n) is 1.36. The second kappa shape index (κ2) is 3.88. The molecule has 0 aliphatic carbocycles. The minimum atomic E-state index is -0.437. The summed E-state index contributed by atoms with van der Waals surface area (Å²) >= 11 is 0. The smallest absolute Gasteiger partial charge is 0.330 e. The van der Waals surface area contributed by atoms with E-state index in [4.69, 9.17) is 11.6 Å². The van der Waals surface area contributed by atoms with Gasteiger partial charge in [-0.25, -0.2) is 15.7 Å². The fraction of sp³-hybridized carbons (Fsp3) is 0.600. The molecule has 1 rings (SSSR count). The van der Waals surface area contributed by atoms with Gasteiger partial charge in [0.25, 0.3) is 0 Å². The Morgan fingerprint density at radius 3 is 2.75 bits per heavy atom. The summed E-state index contributed by atoms with van der Waals surface area (Å²) in [6, 6.07) is 0. The first-order valence-corrected chi connectivity index (χ1v) is 3.61. The highest BCUT2D eigenvalue weighted by atomic mass is 16.1. The molecule has 0 atom stereocenters. The van der Waals surface area contributed by atoms with Gasteiger partial charge in [0.2, 0.25) is 5.95 Å². The van der Waals surface area contributed by atoms with Gasteiger partial charge in [-0.15, -0.1) is 0 Å². The predicted octanol–water partition coefficient (Wildman–Crippen LogP) is -1.87. The van der Waals surface area contributed by atoms with E-state index in [9.17, 15) is 4.79 Å². The Morgan fingerprint density at radius 2 is 2.25 bits per heavy atom. The maximum atomic E-state index is 10.6. The van der Waals surface area contributed by atoms with E-state index in [-0.39, 0.29) is 0 Å². The first-order chi connectivity index (χ1) is 5.74. The van der Waals surface area contributed by atoms with Crippen molar-refractivity contribution in [1.29, 1.82) is 0 Å². The highest BCUT2D eigenvalue weighted by Crippen LogP contribution is 1.95. The van der Waals surface area contributed by atoms with E-state index >= 15 is 0 Å². The number of nitrogens with one attached hydrogen (secondary N) is 2. The maximum Gasteiger partial charge on any atom is 0.362 e. The minimum Gasteiger partial charge on any atom is -0.330 e. The Kier molecular flexibility index (Phi) is 2.83. The molecule has 0 saturated heterocycles. The highest BCUT2D eigenvalue weighted by molar-refractivity contribution is 5.22. The Morgan fingerprint density at radius 1 is 1.50 bits per heavy atom. The fourth-order valence-corrected chi connectivity index (χ4v) is 0.765. The molecule has 0 radical (unpaired) electrons. The van der Waals surface area contributed by atoms with Crippen molar-refractivity contribution in [2.45, 2.75) is 6.42 Å². The largest absolute Gasteiger partial charge is 0.362 e. The average molecular weight is 172 g/mol. The number of hydrazine groups is 1. The van der Waals surface area contributed by atoms with Crippen LogP contribution in [-0.2, 0) is 0 Å². The van der Waals surface area contributed by atoms with E-state index in [0.717, 1.165) is 6.42 Å². The standard InChI is InChI=1S/C5H12N6O/c6-2-1-3-11(7)4-8-5(12)10-9-4/h1-3,6-7H2,(H2,8,9,10,12). The summed E-state index contributed by atoms with van der Waals surface area (Å²) in [6.07, 6.45) is 0.755. The number of anilines is 1. The molecule has 0 aromatic carbocycles. The molecule has 7 heteroatoms. The predicted molar refractivity (Wildman–Crippen MR) is 44.4 cm³/mol. The van der Waals surface area contributed by atoms with Crippen LogP contribution in [-0.4, -0.2) is 28.3 Å². The van der Waals surface area contributed by atoms with Crippen LogP contribution >= 0.6 is 0 Å². The molecule has 0 bridgehead atoms. The summed E-state index contributed by atoms with van der Waals surface area (Å²) in [5, 5.41) is 6.15. The lowest BCUT2D eigenvalue weighted by Crippen LogP contribution is -2.34. The summed E-state index contributed by atoms with van der Waals surface area (Å²) in [4.78, 5) is 14.1. The molecule has 7 nitrogen and oxygen atoms in total. The van der Waals surface area contributed by atoms with Crippen molar-refractivity contribution in [3.63, 3.8) is 0 Å². The average Bonchev–Trinajstić information content (AvgIpc) is 2.47. The van der Waals surface area contributed by atoms with Gasteiger partial charge in [-0.1, -0.05) is 0 Å². The number of rotatable bonds is 4. The molecule has 0 saturated carbocycles. The van der Waals surface area contributed by atoms with Crippen LogP contribution in [0.1, 0.15) is 6.42 Å². The summed E-state index contributed by atoms with van der Waals surface area (Å²) in [6.45, 7) is 1.12. The van der Waals surface area contributed by atoms with E-state index < -0.39 is 5.69 Å². The molecule has 0 amide bonds. The molecule has 1 aromatic heterocycles. The highest BCUT2D eigenvalue weighted by Gasteiger charge is 2.03. The third-order valence-corrected chi connectivity index (χ3v) is 1.36. The van der Waals surface area contributed by atoms with E-state index in [2.05, 4.69) is 15.2 Å². The molecule has 6 N–H and O–H groups in total. The Hall–Kier alpha value is -1.34. The summed E-state index contributed by atoms with van der Waals surface area (Å²) in [5.41, 5.74) is 4.84. The van der Waals surface area contributed by atoms with Crippen molar-refractivity contribution < 1.29 is 0 Å². The monoisotopic (exact) mass is 172 g/mol. The SMILES string of the molecule is NCCCN(N)c1nc(=O)[nH][nH]1. The van der Waals surface area contributed by atoms with Gasteiger partial charge in [0.1, 0.15) is 0 Å². The van der Waals surface area contributed by atoms with Crippen molar-refractivity contribution in [1.82, 2.24) is 15.2 Å². The minimum absolute atomic E-state index is 0.327. The number of H-pyrrole nitrogens is 2. The molecular weight excluding hydrogens is 160 g/mol. The Bertz CT molecular complexity index is 277. The lowest BCUT2D eigenvalue weighted by molar-refractivity contribution is 0.742. The van der Waals surface area contributed by atoms with Gasteiger partial charge >= 0.3 is 5.69 Å². The fourth-order valence-electron chi connectivity index (χ4n) is 0.765. The molecule has 12 heavy (non-hydrogen) atoms. The third kappa shape index (κ3) is 2.07. The van der Waals surface area contributed by atoms with Gasteiger partial charge in [-0.05, 0) is 13.0 Å². The molecule has 68 valence electrons. The van der Waals surface area contributed by atoms with E-state index in [0.29, 0.717) is 19.0 Å². The van der Waals surface area contributed by atoms with Gasteiger partial charge in [-0.2, -0.15) is 4.98 Å². The molecule has 1 heterocycles. The number of aromatic nitrogens is 3. The molecule has 0 fully saturated rings. The Balaban J connectivity index is 2.53. The number of aromatic amines is 2. The van der Waals surface area contributed by atoms with E-state index in [1.54, 1.807) is 0 Å². The molecule has 0 aliphatic heterocycles. The van der Waals surface area contributed by atoms with Crippen molar-refractivity contribution in [3.05, 3.63) is 10.5 Å². The van der Waals surface area contributed by atoms with Crippen LogP contribution in [0.5, 0.6) is 0 Å². The first-order valence-electron chi connectivity index (χ1n) is 3.61. The van der Waals surface area contributed by atoms with Crippen LogP contribution in [0.3, 0.4) is 0 Å². The summed E-state index contributed by atoms with van der Waals surface area (Å²) in [5.74, 6) is 5.85. The quantitative estimate of drug-likeness (QED) is 0.313. The number of hydrogen-bond acceptors (Lipinski definition) is 5. The van der Waals surface area contributed by atoms with Crippen molar-refractivity contribution >= 4 is 5.95 Å². The van der Waals surface area contributed by atoms with Gasteiger partial charge in [0.05, 0.1) is 0 Å². The van der Waals surface area contributed by atoms with Gasteiger partial charge in [0, 0.05) is 6.54 Å². The molecule has 1 aromatic rings. The summed E-state index contributed by atoms with van der Waals surface area (Å²) in [7, 11) is 0. The molecule has 0 spiro atoms. The van der Waals surface area contributed by atoms with E-state index in [1.807, 2.05) is 0 Å². The number of nitrogens with zero attached hydrogens (tertiary/aromatic N) is 2. The van der Waals surface area contributed by atoms with Crippen LogP contribution in [0.4, 0.5) is 5.95 Å². The van der Waals surface area contributed by atoms with Crippen LogP contribution in [0.15, 0.2) is 4.79 Å². The zero-order valence-corrected chi connectivity index (χ0v) is 6.58. The molecular formula is C5H12N6O. The topological polar surface area (TPSA) is 117 Å². The zero-order chi connectivity index (χ0) is 8.97. The van der Waals surface area contributed by atoms with Crippen LogP contribution in [0.25, 0.3) is 0 Å². The van der Waals surface area contributed by atoms with Crippen LogP contribution < -0.4 is 22.3 Å². The van der Waals surface area contributed by atoms with Crippen molar-refractivity contribution in [2.75, 3.05) is 18.1 Å². The van der Waals surface area contributed by atoms with Gasteiger partial charge in [0.15, 0.2) is 0 Å². The number of nitrogens with two attached hydrogens (primary N) is 2. The molecule has 0 aliphatic rings. The van der Waals surface area contributed by atoms with Crippen LogP contribution in [0, 0.1) is 0 Å².